The number of allylic oxidation sites excluding steroid dienone is 2. The minimum atomic E-state index is 0.760. The number of nitrogens with one attached hydrogen (secondary N) is 1. The predicted octanol–water partition coefficient (Wildman–Crippen LogP) is 3.65. The fourth-order valence-electron chi connectivity index (χ4n) is 1.33. The van der Waals surface area contributed by atoms with Crippen LogP contribution < -0.4 is 0 Å². The zero-order chi connectivity index (χ0) is 9.40. The van der Waals surface area contributed by atoms with E-state index in [1.165, 1.54) is 19.1 Å². The minimum Gasteiger partial charge on any atom is -0.309 e. The van der Waals surface area contributed by atoms with Crippen LogP contribution in [0.2, 0.25) is 0 Å². The lowest BCUT2D eigenvalue weighted by Gasteiger charge is -2.13. The Morgan fingerprint density at radius 2 is 1.92 bits per heavy atom. The second-order valence-electron chi connectivity index (χ2n) is 3.68. The number of hydrogen-bond acceptors (Lipinski definition) is 1. The summed E-state index contributed by atoms with van der Waals surface area (Å²) < 4.78 is 0. The second-order valence-corrected chi connectivity index (χ2v) is 3.68. The Hall–Kier alpha value is -0.590. The van der Waals surface area contributed by atoms with Crippen molar-refractivity contribution in [2.75, 3.05) is 0 Å². The van der Waals surface area contributed by atoms with Gasteiger partial charge in [-0.15, -0.1) is 0 Å². The maximum atomic E-state index is 6.81. The molecule has 0 aliphatic heterocycles. The van der Waals surface area contributed by atoms with Crippen molar-refractivity contribution in [2.24, 2.45) is 11.8 Å². The highest BCUT2D eigenvalue weighted by Gasteiger charge is 2.04. The third-order valence-corrected chi connectivity index (χ3v) is 2.27. The van der Waals surface area contributed by atoms with Crippen LogP contribution in [0, 0.1) is 17.2 Å². The summed E-state index contributed by atoms with van der Waals surface area (Å²) in [5.41, 5.74) is 0. The maximum absolute atomic E-state index is 6.81. The van der Waals surface area contributed by atoms with Gasteiger partial charge in [0.2, 0.25) is 0 Å². The fourth-order valence-corrected chi connectivity index (χ4v) is 1.33. The van der Waals surface area contributed by atoms with Crippen molar-refractivity contribution < 1.29 is 0 Å². The molecule has 0 bridgehead atoms. The molecule has 0 saturated heterocycles. The van der Waals surface area contributed by atoms with E-state index in [1.807, 2.05) is 6.08 Å². The van der Waals surface area contributed by atoms with Crippen LogP contribution in [-0.2, 0) is 0 Å². The highest BCUT2D eigenvalue weighted by atomic mass is 14.3. The van der Waals surface area contributed by atoms with E-state index in [0.29, 0.717) is 0 Å². The summed E-state index contributed by atoms with van der Waals surface area (Å²) >= 11 is 0. The first-order valence-corrected chi connectivity index (χ1v) is 4.86. The van der Waals surface area contributed by atoms with Gasteiger partial charge in [0.1, 0.15) is 0 Å². The lowest BCUT2D eigenvalue weighted by Crippen LogP contribution is -2.00. The summed E-state index contributed by atoms with van der Waals surface area (Å²) in [7, 11) is 0. The molecule has 0 fully saturated rings. The summed E-state index contributed by atoms with van der Waals surface area (Å²) in [6.45, 7) is 6.82. The van der Waals surface area contributed by atoms with Gasteiger partial charge in [-0.05, 0) is 30.8 Å². The van der Waals surface area contributed by atoms with E-state index in [4.69, 9.17) is 5.41 Å². The normalized spacial score (nSPS) is 16.2. The van der Waals surface area contributed by atoms with Crippen LogP contribution in [0.15, 0.2) is 12.2 Å². The van der Waals surface area contributed by atoms with Gasteiger partial charge in [0.05, 0.1) is 0 Å². The molecule has 0 amide bonds. The van der Waals surface area contributed by atoms with Gasteiger partial charge in [0.15, 0.2) is 0 Å². The molecule has 0 aromatic carbocycles. The average molecular weight is 167 g/mol. The van der Waals surface area contributed by atoms with Crippen LogP contribution in [0.5, 0.6) is 0 Å². The van der Waals surface area contributed by atoms with E-state index < -0.39 is 0 Å². The molecule has 1 heteroatoms. The zero-order valence-electron chi connectivity index (χ0n) is 8.51. The Bertz CT molecular complexity index is 138. The van der Waals surface area contributed by atoms with E-state index in [-0.39, 0.29) is 0 Å². The van der Waals surface area contributed by atoms with Gasteiger partial charge in [-0.1, -0.05) is 33.3 Å². The molecule has 0 spiro atoms. The molecular formula is C11H21N. The Morgan fingerprint density at radius 1 is 1.25 bits per heavy atom. The van der Waals surface area contributed by atoms with Crippen molar-refractivity contribution in [1.29, 1.82) is 5.41 Å². The van der Waals surface area contributed by atoms with Crippen LogP contribution in [0.4, 0.5) is 0 Å². The maximum Gasteiger partial charge on any atom is 0.0174 e. The Balaban J connectivity index is 3.51. The first-order chi connectivity index (χ1) is 5.70. The summed E-state index contributed by atoms with van der Waals surface area (Å²) in [6.07, 6.45) is 8.93. The first kappa shape index (κ1) is 11.4. The van der Waals surface area contributed by atoms with Crippen LogP contribution in [0.25, 0.3) is 0 Å². The molecule has 2 unspecified atom stereocenters. The summed E-state index contributed by atoms with van der Waals surface area (Å²) in [5.74, 6) is 1.60. The molecule has 2 atom stereocenters. The van der Waals surface area contributed by atoms with Crippen molar-refractivity contribution in [3.05, 3.63) is 12.2 Å². The highest BCUT2D eigenvalue weighted by Crippen LogP contribution is 2.17. The Morgan fingerprint density at radius 3 is 2.42 bits per heavy atom. The van der Waals surface area contributed by atoms with E-state index in [0.717, 1.165) is 18.3 Å². The summed E-state index contributed by atoms with van der Waals surface area (Å²) in [4.78, 5) is 0. The second kappa shape index (κ2) is 7.08. The molecule has 12 heavy (non-hydrogen) atoms. The van der Waals surface area contributed by atoms with Crippen molar-refractivity contribution in [3.8, 4) is 0 Å². The van der Waals surface area contributed by atoms with Gasteiger partial charge in [-0.3, -0.25) is 0 Å². The van der Waals surface area contributed by atoms with Gasteiger partial charge in [-0.25, -0.2) is 0 Å². The molecular weight excluding hydrogens is 146 g/mol. The summed E-state index contributed by atoms with van der Waals surface area (Å²) in [5, 5.41) is 6.81. The van der Waals surface area contributed by atoms with Crippen molar-refractivity contribution in [2.45, 2.75) is 40.0 Å². The number of hydrogen-bond donors (Lipinski definition) is 1. The van der Waals surface area contributed by atoms with E-state index in [1.54, 1.807) is 0 Å². The smallest absolute Gasteiger partial charge is 0.0174 e. The lowest BCUT2D eigenvalue weighted by molar-refractivity contribution is 0.408. The Labute approximate surface area is 76.4 Å². The molecule has 0 aliphatic rings. The highest BCUT2D eigenvalue weighted by molar-refractivity contribution is 5.67. The predicted molar refractivity (Wildman–Crippen MR) is 55.8 cm³/mol. The van der Waals surface area contributed by atoms with Crippen molar-refractivity contribution in [3.63, 3.8) is 0 Å². The standard InChI is InChI=1S/C11H21N/c1-4-10(2)9-11(3)7-5-6-8-12/h5-6,8,10-12H,4,7,9H2,1-3H3/b6-5+,12-8?. The SMILES string of the molecule is CCC(C)CC(C)C/C=C/C=N. The lowest BCUT2D eigenvalue weighted by atomic mass is 9.93. The monoisotopic (exact) mass is 167 g/mol. The van der Waals surface area contributed by atoms with Gasteiger partial charge in [0, 0.05) is 6.21 Å². The third kappa shape index (κ3) is 6.14. The molecule has 0 aromatic heterocycles. The molecule has 1 nitrogen and oxygen atoms in total. The van der Waals surface area contributed by atoms with Crippen LogP contribution in [0.3, 0.4) is 0 Å². The summed E-state index contributed by atoms with van der Waals surface area (Å²) in [6, 6.07) is 0. The first-order valence-electron chi connectivity index (χ1n) is 4.86. The van der Waals surface area contributed by atoms with E-state index in [9.17, 15) is 0 Å². The Kier molecular flexibility index (Phi) is 6.73. The fraction of sp³-hybridized carbons (Fsp3) is 0.727. The average Bonchev–Trinajstić information content (AvgIpc) is 2.05. The van der Waals surface area contributed by atoms with Gasteiger partial charge >= 0.3 is 0 Å². The topological polar surface area (TPSA) is 23.9 Å². The molecule has 0 rings (SSSR count). The molecule has 0 heterocycles. The molecule has 0 radical (unpaired) electrons. The third-order valence-electron chi connectivity index (χ3n) is 2.27. The van der Waals surface area contributed by atoms with E-state index >= 15 is 0 Å². The minimum absolute atomic E-state index is 0.760. The van der Waals surface area contributed by atoms with Crippen LogP contribution in [-0.4, -0.2) is 6.21 Å². The molecule has 1 N–H and O–H groups in total. The quantitative estimate of drug-likeness (QED) is 0.584. The largest absolute Gasteiger partial charge is 0.309 e. The molecule has 0 aliphatic carbocycles. The molecule has 0 saturated carbocycles. The van der Waals surface area contributed by atoms with Gasteiger partial charge in [0.25, 0.3) is 0 Å². The van der Waals surface area contributed by atoms with Gasteiger partial charge in [-0.2, -0.15) is 0 Å². The number of rotatable bonds is 6. The zero-order valence-corrected chi connectivity index (χ0v) is 8.51. The van der Waals surface area contributed by atoms with Crippen LogP contribution >= 0.6 is 0 Å². The van der Waals surface area contributed by atoms with E-state index in [2.05, 4.69) is 26.8 Å². The molecule has 0 aromatic rings. The van der Waals surface area contributed by atoms with Crippen molar-refractivity contribution in [1.82, 2.24) is 0 Å². The van der Waals surface area contributed by atoms with Crippen molar-refractivity contribution >= 4 is 6.21 Å². The van der Waals surface area contributed by atoms with Gasteiger partial charge < -0.3 is 5.41 Å². The van der Waals surface area contributed by atoms with Crippen LogP contribution in [0.1, 0.15) is 40.0 Å². The molecule has 70 valence electrons.